The smallest absolute Gasteiger partial charge is 1.00 e. The molecule has 0 spiro atoms. The van der Waals surface area contributed by atoms with Gasteiger partial charge in [-0.25, -0.2) is 0 Å². The largest absolute Gasteiger partial charge is 1.00 e. The Morgan fingerprint density at radius 2 is 0.864 bits per heavy atom. The SMILES string of the molecule is C1=C[CH]([Zr+2]([CH]2C=Cc3ccccc32)=[Si](c2ccccc2)c2ccccc2)c2ccccc21.Cc1ccc2c(c1)[C]([Zr]([C]1=C3C=CC=CC3c3ccc(C)cc31)=[Si](C)C)=C1C=CC=CC12.[Cl-].[Cl-]. The van der Waals surface area contributed by atoms with Crippen LogP contribution in [0, 0.1) is 13.8 Å². The van der Waals surface area contributed by atoms with Gasteiger partial charge in [-0.05, 0) is 0 Å². The molecule has 4 atom stereocenters. The Kier molecular flexibility index (Phi) is 14.5. The van der Waals surface area contributed by atoms with Crippen molar-refractivity contribution in [1.82, 2.24) is 0 Å². The summed E-state index contributed by atoms with van der Waals surface area (Å²) in [7, 11) is 0. The summed E-state index contributed by atoms with van der Waals surface area (Å²) in [5.74, 6) is 0.897. The summed E-state index contributed by atoms with van der Waals surface area (Å²) in [6.07, 6.45) is 28.6. The summed E-state index contributed by atoms with van der Waals surface area (Å²) in [5.41, 5.74) is 16.8. The van der Waals surface area contributed by atoms with Crippen molar-refractivity contribution in [3.8, 4) is 0 Å². The maximum absolute atomic E-state index is 2.59. The molecule has 0 heterocycles. The molecule has 6 heteroatoms. The van der Waals surface area contributed by atoms with E-state index >= 15 is 0 Å². The number of allylic oxidation sites excluding steroid dienone is 12. The number of aryl methyl sites for hydroxylation is 2. The second-order valence-electron chi connectivity index (χ2n) is 18.2. The third-order valence-electron chi connectivity index (χ3n) is 13.9. The molecule has 0 fully saturated rings. The van der Waals surface area contributed by atoms with Crippen molar-refractivity contribution in [3.05, 3.63) is 273 Å². The third-order valence-corrected chi connectivity index (χ3v) is 50.8. The maximum atomic E-state index is 2.59. The van der Waals surface area contributed by atoms with Crippen LogP contribution in [0.15, 0.2) is 217 Å². The minimum Gasteiger partial charge on any atom is -1.00 e. The number of benzene rings is 6. The van der Waals surface area contributed by atoms with E-state index in [2.05, 4.69) is 245 Å². The van der Waals surface area contributed by atoms with Crippen molar-refractivity contribution in [1.29, 1.82) is 0 Å². The van der Waals surface area contributed by atoms with Gasteiger partial charge in [-0.1, -0.05) is 0 Å². The van der Waals surface area contributed by atoms with Crippen LogP contribution >= 0.6 is 0 Å². The molecule has 0 amide bonds. The number of fused-ring (bicyclic) bond motifs is 8. The Hall–Kier alpha value is -3.98. The van der Waals surface area contributed by atoms with Crippen LogP contribution in [0.25, 0.3) is 18.7 Å². The van der Waals surface area contributed by atoms with E-state index < -0.39 is 51.6 Å². The Labute approximate surface area is 420 Å². The fraction of sp³-hybridized carbons (Fsp3) is 0.133. The summed E-state index contributed by atoms with van der Waals surface area (Å²) < 4.78 is 4.77. The van der Waals surface area contributed by atoms with E-state index in [4.69, 9.17) is 0 Å². The van der Waals surface area contributed by atoms with Crippen molar-refractivity contribution in [2.45, 2.75) is 46.0 Å². The van der Waals surface area contributed by atoms with Crippen molar-refractivity contribution >= 4 is 40.0 Å². The van der Waals surface area contributed by atoms with Gasteiger partial charge < -0.3 is 24.8 Å². The summed E-state index contributed by atoms with van der Waals surface area (Å²) in [6, 6.07) is 55.5. The Bertz CT molecular complexity index is 3010. The van der Waals surface area contributed by atoms with Crippen LogP contribution in [0.5, 0.6) is 0 Å². The standard InChI is InChI=1S/2C14H11.C12H10Si.2C9H7.C2H6Si.2ClH.2Zr/c2*1-10-6-7-14-12(8-10)9-11-4-2-3-5-13(11)14;1-3-7-11(8-4-1)13-12-9-5-2-6-10-12;2*1-2-5-9-7-3-6-8(9)4-1;1-3-2;;;;/h2*2-8,13H,1H3;1-10H;2*1-7H;1-2H3;2*1H;;/q;;;;;;;;;+2/p-2. The van der Waals surface area contributed by atoms with Crippen LogP contribution in [-0.2, 0) is 40.7 Å². The van der Waals surface area contributed by atoms with Gasteiger partial charge in [0.2, 0.25) is 0 Å². The third kappa shape index (κ3) is 8.59. The van der Waals surface area contributed by atoms with E-state index in [9.17, 15) is 0 Å². The molecule has 6 aliphatic carbocycles. The van der Waals surface area contributed by atoms with Gasteiger partial charge in [0.25, 0.3) is 0 Å². The number of rotatable bonds is 6. The van der Waals surface area contributed by atoms with Crippen LogP contribution in [0.3, 0.4) is 0 Å². The summed E-state index contributed by atoms with van der Waals surface area (Å²) in [6.45, 7) is 9.70. The monoisotopic (exact) mass is 1080 g/mol. The van der Waals surface area contributed by atoms with Gasteiger partial charge in [0, 0.05) is 0 Å². The van der Waals surface area contributed by atoms with Gasteiger partial charge in [-0.15, -0.1) is 0 Å². The van der Waals surface area contributed by atoms with Crippen LogP contribution in [0.4, 0.5) is 0 Å². The van der Waals surface area contributed by atoms with Crippen LogP contribution in [0.1, 0.15) is 74.7 Å². The van der Waals surface area contributed by atoms with E-state index in [-0.39, 0.29) is 24.8 Å². The molecule has 6 aromatic rings. The molecule has 0 nitrogen and oxygen atoms in total. The van der Waals surface area contributed by atoms with E-state index in [0.717, 1.165) is 0 Å². The predicted octanol–water partition coefficient (Wildman–Crippen LogP) is 7.70. The van der Waals surface area contributed by atoms with Crippen LogP contribution < -0.4 is 35.2 Å². The molecule has 0 saturated carbocycles. The fourth-order valence-corrected chi connectivity index (χ4v) is 51.4. The molecule has 0 aliphatic heterocycles. The minimum absolute atomic E-state index is 0. The fourth-order valence-electron chi connectivity index (χ4n) is 11.2. The summed E-state index contributed by atoms with van der Waals surface area (Å²) in [5, 5.41) is 3.15. The first kappa shape index (κ1) is 47.1. The molecule has 66 heavy (non-hydrogen) atoms. The van der Waals surface area contributed by atoms with Gasteiger partial charge >= 0.3 is 400 Å². The quantitative estimate of drug-likeness (QED) is 0.150. The van der Waals surface area contributed by atoms with Crippen molar-refractivity contribution in [2.24, 2.45) is 0 Å². The van der Waals surface area contributed by atoms with E-state index in [1.54, 1.807) is 50.3 Å². The van der Waals surface area contributed by atoms with Crippen LogP contribution in [-0.4, -0.2) is 10.9 Å². The van der Waals surface area contributed by atoms with Crippen molar-refractivity contribution < 1.29 is 65.5 Å². The van der Waals surface area contributed by atoms with E-state index in [0.29, 0.717) is 19.1 Å². The summed E-state index contributed by atoms with van der Waals surface area (Å²) in [4.78, 5) is 0. The van der Waals surface area contributed by atoms with Gasteiger partial charge in [0.15, 0.2) is 0 Å². The second kappa shape index (κ2) is 20.3. The average Bonchev–Trinajstić information content (AvgIpc) is 4.11. The van der Waals surface area contributed by atoms with Crippen LogP contribution in [0.2, 0.25) is 13.1 Å². The molecule has 4 unspecified atom stereocenters. The van der Waals surface area contributed by atoms with Gasteiger partial charge in [0.1, 0.15) is 0 Å². The predicted molar refractivity (Wildman–Crippen MR) is 270 cm³/mol. The second-order valence-corrected chi connectivity index (χ2v) is 49.1. The number of halogens is 2. The zero-order chi connectivity index (χ0) is 43.3. The normalized spacial score (nSPS) is 19.0. The topological polar surface area (TPSA) is 0 Å². The van der Waals surface area contributed by atoms with E-state index in [1.807, 2.05) is 0 Å². The minimum atomic E-state index is -2.26. The molecule has 322 valence electrons. The molecule has 6 aromatic carbocycles. The molecule has 0 bridgehead atoms. The zero-order valence-electron chi connectivity index (χ0n) is 37.8. The van der Waals surface area contributed by atoms with Gasteiger partial charge in [0.05, 0.1) is 0 Å². The molecule has 0 radical (unpaired) electrons. The van der Waals surface area contributed by atoms with Gasteiger partial charge in [-0.2, -0.15) is 0 Å². The van der Waals surface area contributed by atoms with E-state index in [1.165, 1.54) is 33.4 Å². The Morgan fingerprint density at radius 3 is 1.30 bits per heavy atom. The molecule has 6 aliphatic rings. The maximum Gasteiger partial charge on any atom is -1.00 e. The molecule has 0 aromatic heterocycles. The molecular formula is C60H52Cl2Si2Zr2. The van der Waals surface area contributed by atoms with Crippen molar-refractivity contribution in [2.75, 3.05) is 0 Å². The number of hydrogen-bond acceptors (Lipinski definition) is 0. The molecular weight excluding hydrogens is 1030 g/mol. The first-order valence-corrected chi connectivity index (χ1v) is 39.6. The van der Waals surface area contributed by atoms with Crippen molar-refractivity contribution in [3.63, 3.8) is 0 Å². The van der Waals surface area contributed by atoms with Gasteiger partial charge in [-0.3, -0.25) is 0 Å². The molecule has 0 N–H and O–H groups in total. The Morgan fingerprint density at radius 1 is 0.439 bits per heavy atom. The first-order chi connectivity index (χ1) is 31.4. The first-order valence-electron chi connectivity index (χ1n) is 22.9. The number of hydrogen-bond donors (Lipinski definition) is 0. The Balaban J connectivity index is 0.000000161. The molecule has 0 saturated heterocycles. The summed E-state index contributed by atoms with van der Waals surface area (Å²) >= 11 is -4.47. The average molecular weight is 1080 g/mol. The molecule has 12 rings (SSSR count). The zero-order valence-corrected chi connectivity index (χ0v) is 46.3.